The highest BCUT2D eigenvalue weighted by atomic mass is 79.9. The molecule has 0 unspecified atom stereocenters. The smallest absolute Gasteiger partial charge is 0.142 e. The average molecular weight is 250 g/mol. The molecule has 70 valence electrons. The van der Waals surface area contributed by atoms with Gasteiger partial charge in [0.05, 0.1) is 6.20 Å². The fourth-order valence-corrected chi connectivity index (χ4v) is 1.59. The summed E-state index contributed by atoms with van der Waals surface area (Å²) in [6.07, 6.45) is 1.52. The van der Waals surface area contributed by atoms with Crippen molar-refractivity contribution in [2.45, 2.75) is 0 Å². The molecule has 0 saturated heterocycles. The number of rotatable bonds is 1. The van der Waals surface area contributed by atoms with Crippen LogP contribution >= 0.6 is 15.9 Å². The molecule has 0 aliphatic carbocycles. The van der Waals surface area contributed by atoms with E-state index in [2.05, 4.69) is 25.9 Å². The molecule has 0 atom stereocenters. The number of anilines is 1. The molecule has 4 heteroatoms. The van der Waals surface area contributed by atoms with Gasteiger partial charge in [0.1, 0.15) is 16.1 Å². The second-order valence-corrected chi connectivity index (χ2v) is 3.55. The lowest BCUT2D eigenvalue weighted by Gasteiger charge is -2.03. The summed E-state index contributed by atoms with van der Waals surface area (Å²) in [6, 6.07) is 9.79. The van der Waals surface area contributed by atoms with E-state index in [0.717, 1.165) is 11.3 Å². The molecule has 0 bridgehead atoms. The predicted molar refractivity (Wildman–Crippen MR) is 59.6 cm³/mol. The lowest BCUT2D eigenvalue weighted by Crippen LogP contribution is -1.95. The van der Waals surface area contributed by atoms with Crippen molar-refractivity contribution in [2.24, 2.45) is 0 Å². The first-order valence-electron chi connectivity index (χ1n) is 4.11. The molecular formula is C10H8BrN3. The van der Waals surface area contributed by atoms with E-state index >= 15 is 0 Å². The third-order valence-electron chi connectivity index (χ3n) is 1.79. The summed E-state index contributed by atoms with van der Waals surface area (Å²) in [5.41, 5.74) is 7.34. The Hall–Kier alpha value is -1.42. The van der Waals surface area contributed by atoms with E-state index in [1.807, 2.05) is 30.3 Å². The van der Waals surface area contributed by atoms with Crippen LogP contribution in [0.25, 0.3) is 11.3 Å². The molecule has 1 aromatic carbocycles. The van der Waals surface area contributed by atoms with Crippen LogP contribution in [0.4, 0.5) is 5.82 Å². The van der Waals surface area contributed by atoms with Gasteiger partial charge in [-0.3, -0.25) is 0 Å². The summed E-state index contributed by atoms with van der Waals surface area (Å²) < 4.78 is 0.706. The first-order chi connectivity index (χ1) is 6.77. The zero-order valence-electron chi connectivity index (χ0n) is 7.31. The third kappa shape index (κ3) is 1.75. The monoisotopic (exact) mass is 249 g/mol. The normalized spacial score (nSPS) is 10.1. The van der Waals surface area contributed by atoms with Gasteiger partial charge in [0.25, 0.3) is 0 Å². The number of halogens is 1. The van der Waals surface area contributed by atoms with Gasteiger partial charge in [0, 0.05) is 5.56 Å². The van der Waals surface area contributed by atoms with Crippen molar-refractivity contribution in [1.29, 1.82) is 0 Å². The second-order valence-electron chi connectivity index (χ2n) is 2.80. The van der Waals surface area contributed by atoms with Crippen LogP contribution in [0.5, 0.6) is 0 Å². The fourth-order valence-electron chi connectivity index (χ4n) is 1.17. The number of hydrogen-bond donors (Lipinski definition) is 1. The minimum Gasteiger partial charge on any atom is -0.382 e. The second kappa shape index (κ2) is 3.75. The number of nitrogens with zero attached hydrogens (tertiary/aromatic N) is 2. The Kier molecular flexibility index (Phi) is 2.45. The van der Waals surface area contributed by atoms with Crippen LogP contribution in [-0.2, 0) is 0 Å². The standard InChI is InChI=1S/C10H8BrN3/c11-10-9(14-8(12)6-13-10)7-4-2-1-3-5-7/h1-6H,(H2,12,14). The van der Waals surface area contributed by atoms with Crippen LogP contribution in [0.2, 0.25) is 0 Å². The summed E-state index contributed by atoms with van der Waals surface area (Å²) in [5, 5.41) is 0. The Balaban J connectivity index is 2.57. The van der Waals surface area contributed by atoms with E-state index < -0.39 is 0 Å². The van der Waals surface area contributed by atoms with Gasteiger partial charge in [-0.25, -0.2) is 9.97 Å². The molecule has 2 N–H and O–H groups in total. The van der Waals surface area contributed by atoms with Gasteiger partial charge in [0.15, 0.2) is 0 Å². The van der Waals surface area contributed by atoms with Crippen LogP contribution in [0.3, 0.4) is 0 Å². The van der Waals surface area contributed by atoms with Gasteiger partial charge in [-0.05, 0) is 15.9 Å². The Morgan fingerprint density at radius 1 is 1.14 bits per heavy atom. The van der Waals surface area contributed by atoms with Crippen LogP contribution in [0.15, 0.2) is 41.1 Å². The molecule has 1 aromatic heterocycles. The number of nitrogen functional groups attached to an aromatic ring is 1. The van der Waals surface area contributed by atoms with Crippen molar-refractivity contribution in [3.8, 4) is 11.3 Å². The first kappa shape index (κ1) is 9.15. The highest BCUT2D eigenvalue weighted by Crippen LogP contribution is 2.24. The molecule has 2 rings (SSSR count). The fraction of sp³-hybridized carbons (Fsp3) is 0. The molecule has 14 heavy (non-hydrogen) atoms. The van der Waals surface area contributed by atoms with Crippen molar-refractivity contribution in [2.75, 3.05) is 5.73 Å². The molecular weight excluding hydrogens is 242 g/mol. The average Bonchev–Trinajstić information content (AvgIpc) is 2.23. The van der Waals surface area contributed by atoms with E-state index in [1.54, 1.807) is 0 Å². The van der Waals surface area contributed by atoms with Gasteiger partial charge in [-0.1, -0.05) is 30.3 Å². The topological polar surface area (TPSA) is 51.8 Å². The van der Waals surface area contributed by atoms with Gasteiger partial charge >= 0.3 is 0 Å². The molecule has 0 aliphatic rings. The van der Waals surface area contributed by atoms with E-state index in [1.165, 1.54) is 6.20 Å². The van der Waals surface area contributed by atoms with Crippen LogP contribution in [-0.4, -0.2) is 9.97 Å². The van der Waals surface area contributed by atoms with E-state index in [9.17, 15) is 0 Å². The molecule has 0 radical (unpaired) electrons. The predicted octanol–water partition coefficient (Wildman–Crippen LogP) is 2.49. The maximum atomic E-state index is 5.57. The maximum Gasteiger partial charge on any atom is 0.142 e. The third-order valence-corrected chi connectivity index (χ3v) is 2.37. The van der Waals surface area contributed by atoms with Crippen LogP contribution in [0, 0.1) is 0 Å². The minimum absolute atomic E-state index is 0.423. The molecule has 3 nitrogen and oxygen atoms in total. The number of hydrogen-bond acceptors (Lipinski definition) is 3. The Bertz CT molecular complexity index is 442. The molecule has 0 spiro atoms. The highest BCUT2D eigenvalue weighted by Gasteiger charge is 2.05. The summed E-state index contributed by atoms with van der Waals surface area (Å²) in [5.74, 6) is 0.423. The first-order valence-corrected chi connectivity index (χ1v) is 4.90. The lowest BCUT2D eigenvalue weighted by molar-refractivity contribution is 1.18. The molecule has 2 aromatic rings. The summed E-state index contributed by atoms with van der Waals surface area (Å²) in [4.78, 5) is 8.30. The molecule has 0 amide bonds. The van der Waals surface area contributed by atoms with Crippen LogP contribution < -0.4 is 5.73 Å². The van der Waals surface area contributed by atoms with Crippen molar-refractivity contribution in [1.82, 2.24) is 9.97 Å². The van der Waals surface area contributed by atoms with Gasteiger partial charge in [-0.15, -0.1) is 0 Å². The largest absolute Gasteiger partial charge is 0.382 e. The van der Waals surface area contributed by atoms with Crippen molar-refractivity contribution < 1.29 is 0 Å². The number of aromatic nitrogens is 2. The minimum atomic E-state index is 0.423. The highest BCUT2D eigenvalue weighted by molar-refractivity contribution is 9.10. The summed E-state index contributed by atoms with van der Waals surface area (Å²) in [6.45, 7) is 0. The Morgan fingerprint density at radius 3 is 2.57 bits per heavy atom. The molecule has 0 aliphatic heterocycles. The van der Waals surface area contributed by atoms with Crippen LogP contribution in [0.1, 0.15) is 0 Å². The Morgan fingerprint density at radius 2 is 1.86 bits per heavy atom. The summed E-state index contributed by atoms with van der Waals surface area (Å²) in [7, 11) is 0. The molecule has 0 fully saturated rings. The van der Waals surface area contributed by atoms with E-state index in [0.29, 0.717) is 10.4 Å². The van der Waals surface area contributed by atoms with Crippen molar-refractivity contribution >= 4 is 21.7 Å². The number of nitrogens with two attached hydrogens (primary N) is 1. The summed E-state index contributed by atoms with van der Waals surface area (Å²) >= 11 is 3.34. The van der Waals surface area contributed by atoms with Crippen molar-refractivity contribution in [3.63, 3.8) is 0 Å². The zero-order chi connectivity index (χ0) is 9.97. The van der Waals surface area contributed by atoms with Crippen molar-refractivity contribution in [3.05, 3.63) is 41.1 Å². The SMILES string of the molecule is Nc1cnc(Br)c(-c2ccccc2)n1. The zero-order valence-corrected chi connectivity index (χ0v) is 8.90. The van der Waals surface area contributed by atoms with Gasteiger partial charge in [-0.2, -0.15) is 0 Å². The van der Waals surface area contributed by atoms with E-state index in [-0.39, 0.29) is 0 Å². The molecule has 0 saturated carbocycles. The lowest BCUT2D eigenvalue weighted by atomic mass is 10.2. The quantitative estimate of drug-likeness (QED) is 0.845. The van der Waals surface area contributed by atoms with Gasteiger partial charge in [0.2, 0.25) is 0 Å². The Labute approximate surface area is 90.1 Å². The number of benzene rings is 1. The van der Waals surface area contributed by atoms with E-state index in [4.69, 9.17) is 5.73 Å². The maximum absolute atomic E-state index is 5.57. The molecule has 1 heterocycles. The van der Waals surface area contributed by atoms with Gasteiger partial charge < -0.3 is 5.73 Å².